The molecule has 2 aliphatic rings. The Kier molecular flexibility index (Phi) is 4.66. The quantitative estimate of drug-likeness (QED) is 0.645. The predicted octanol–water partition coefficient (Wildman–Crippen LogP) is 4.13. The SMILES string of the molecule is COc1cc(OC)cc([C@@H]2Nc3nonc3NC3=C2C(=O)C[C@@H](c2cccs2)C3)c1. The van der Waals surface area contributed by atoms with Gasteiger partial charge in [-0.05, 0) is 45.9 Å². The van der Waals surface area contributed by atoms with E-state index < -0.39 is 6.04 Å². The maximum Gasteiger partial charge on any atom is 0.219 e. The van der Waals surface area contributed by atoms with Gasteiger partial charge in [0, 0.05) is 34.6 Å². The van der Waals surface area contributed by atoms with E-state index in [1.54, 1.807) is 31.6 Å². The number of anilines is 2. The van der Waals surface area contributed by atoms with Crippen LogP contribution >= 0.6 is 11.3 Å². The molecule has 9 heteroatoms. The smallest absolute Gasteiger partial charge is 0.219 e. The van der Waals surface area contributed by atoms with Gasteiger partial charge in [0.2, 0.25) is 11.6 Å². The van der Waals surface area contributed by atoms with Crippen LogP contribution in [0.25, 0.3) is 0 Å². The molecule has 0 saturated heterocycles. The first kappa shape index (κ1) is 18.7. The van der Waals surface area contributed by atoms with Crippen molar-refractivity contribution in [1.82, 2.24) is 10.3 Å². The van der Waals surface area contributed by atoms with E-state index in [9.17, 15) is 4.79 Å². The van der Waals surface area contributed by atoms with Crippen molar-refractivity contribution in [2.75, 3.05) is 24.9 Å². The first-order chi connectivity index (χ1) is 14.7. The van der Waals surface area contributed by atoms with E-state index in [2.05, 4.69) is 27.0 Å². The van der Waals surface area contributed by atoms with Crippen LogP contribution in [0.3, 0.4) is 0 Å². The molecular weight excluding hydrogens is 404 g/mol. The van der Waals surface area contributed by atoms with E-state index in [1.807, 2.05) is 23.6 Å². The van der Waals surface area contributed by atoms with Gasteiger partial charge in [0.05, 0.1) is 20.3 Å². The summed E-state index contributed by atoms with van der Waals surface area (Å²) in [5.74, 6) is 2.43. The van der Waals surface area contributed by atoms with Crippen molar-refractivity contribution in [2.24, 2.45) is 0 Å². The number of thiophene rings is 1. The third kappa shape index (κ3) is 3.21. The van der Waals surface area contributed by atoms with E-state index >= 15 is 0 Å². The zero-order valence-corrected chi connectivity index (χ0v) is 17.3. The molecule has 30 heavy (non-hydrogen) atoms. The lowest BCUT2D eigenvalue weighted by molar-refractivity contribution is -0.116. The van der Waals surface area contributed by atoms with Gasteiger partial charge in [-0.25, -0.2) is 4.63 Å². The third-order valence-corrected chi connectivity index (χ3v) is 6.52. The lowest BCUT2D eigenvalue weighted by Crippen LogP contribution is -2.26. The standard InChI is InChI=1S/C21H20N4O4S/c1-27-13-6-12(7-14(10-13)28-2)19-18-15(22-20-21(23-19)25-29-24-20)8-11(9-16(18)26)17-4-3-5-30-17/h3-7,10-11,19H,8-9H2,1-2H3,(H,22,24)(H,23,25)/t11-,19-/m0/s1. The van der Waals surface area contributed by atoms with Gasteiger partial charge in [-0.2, -0.15) is 0 Å². The van der Waals surface area contributed by atoms with E-state index in [-0.39, 0.29) is 11.7 Å². The fourth-order valence-corrected chi connectivity index (χ4v) is 4.90. The number of nitrogens with zero attached hydrogens (tertiary/aromatic N) is 2. The summed E-state index contributed by atoms with van der Waals surface area (Å²) >= 11 is 1.67. The van der Waals surface area contributed by atoms with Gasteiger partial charge in [0.1, 0.15) is 11.5 Å². The summed E-state index contributed by atoms with van der Waals surface area (Å²) in [7, 11) is 3.20. The van der Waals surface area contributed by atoms with Gasteiger partial charge in [-0.1, -0.05) is 6.07 Å². The maximum absolute atomic E-state index is 13.4. The summed E-state index contributed by atoms with van der Waals surface area (Å²) in [6.45, 7) is 0. The largest absolute Gasteiger partial charge is 0.497 e. The second-order valence-electron chi connectivity index (χ2n) is 7.25. The first-order valence-corrected chi connectivity index (χ1v) is 10.4. The zero-order valence-electron chi connectivity index (χ0n) is 16.5. The Hall–Kier alpha value is -3.33. The monoisotopic (exact) mass is 424 g/mol. The van der Waals surface area contributed by atoms with Crippen LogP contribution in [0.2, 0.25) is 0 Å². The number of ether oxygens (including phenoxy) is 2. The molecule has 154 valence electrons. The molecule has 3 heterocycles. The molecule has 1 aliphatic carbocycles. The third-order valence-electron chi connectivity index (χ3n) is 5.49. The molecule has 0 radical (unpaired) electrons. The molecule has 0 fully saturated rings. The number of aromatic nitrogens is 2. The Morgan fingerprint density at radius 1 is 1.10 bits per heavy atom. The molecule has 1 aromatic carbocycles. The Bertz CT molecular complexity index is 1100. The number of carbonyl (C=O) groups is 1. The molecule has 0 bridgehead atoms. The summed E-state index contributed by atoms with van der Waals surface area (Å²) < 4.78 is 15.8. The predicted molar refractivity (Wildman–Crippen MR) is 112 cm³/mol. The number of ketones is 1. The normalized spacial score (nSPS) is 20.5. The van der Waals surface area contributed by atoms with Crippen molar-refractivity contribution >= 4 is 28.8 Å². The fraction of sp³-hybridized carbons (Fsp3) is 0.286. The van der Waals surface area contributed by atoms with Crippen molar-refractivity contribution in [3.8, 4) is 11.5 Å². The highest BCUT2D eigenvalue weighted by molar-refractivity contribution is 7.10. The van der Waals surface area contributed by atoms with Gasteiger partial charge in [-0.15, -0.1) is 11.3 Å². The summed E-state index contributed by atoms with van der Waals surface area (Å²) in [6, 6.07) is 9.23. The van der Waals surface area contributed by atoms with Crippen LogP contribution in [0, 0.1) is 0 Å². The summed E-state index contributed by atoms with van der Waals surface area (Å²) in [5.41, 5.74) is 2.34. The number of Topliss-reactive ketones (excluding diaryl/α,β-unsaturated/α-hetero) is 1. The average Bonchev–Trinajstić information content (AvgIpc) is 3.42. The van der Waals surface area contributed by atoms with Crippen molar-refractivity contribution in [3.05, 3.63) is 57.4 Å². The molecule has 8 nitrogen and oxygen atoms in total. The Morgan fingerprint density at radius 2 is 1.87 bits per heavy atom. The van der Waals surface area contributed by atoms with E-state index in [0.717, 1.165) is 11.3 Å². The molecule has 0 saturated carbocycles. The number of hydrogen-bond acceptors (Lipinski definition) is 9. The molecule has 5 rings (SSSR count). The molecule has 0 amide bonds. The maximum atomic E-state index is 13.4. The second-order valence-corrected chi connectivity index (χ2v) is 8.23. The van der Waals surface area contributed by atoms with Crippen LogP contribution in [-0.2, 0) is 4.79 Å². The molecule has 0 spiro atoms. The topological polar surface area (TPSA) is 98.5 Å². The summed E-state index contributed by atoms with van der Waals surface area (Å²) in [6.07, 6.45) is 1.16. The van der Waals surface area contributed by atoms with Gasteiger partial charge in [-0.3, -0.25) is 4.79 Å². The molecule has 0 unspecified atom stereocenters. The molecular formula is C21H20N4O4S. The van der Waals surface area contributed by atoms with Gasteiger partial charge in [0.15, 0.2) is 5.78 Å². The highest BCUT2D eigenvalue weighted by Gasteiger charge is 2.38. The van der Waals surface area contributed by atoms with Gasteiger partial charge >= 0.3 is 0 Å². The zero-order chi connectivity index (χ0) is 20.7. The van der Waals surface area contributed by atoms with Gasteiger partial charge in [0.25, 0.3) is 0 Å². The minimum Gasteiger partial charge on any atom is -0.497 e. The number of allylic oxidation sites excluding steroid dienone is 1. The highest BCUT2D eigenvalue weighted by Crippen LogP contribution is 2.45. The number of hydrogen-bond donors (Lipinski definition) is 2. The lowest BCUT2D eigenvalue weighted by Gasteiger charge is -2.29. The van der Waals surface area contributed by atoms with Crippen LogP contribution in [0.1, 0.15) is 35.2 Å². The van der Waals surface area contributed by atoms with Crippen molar-refractivity contribution in [3.63, 3.8) is 0 Å². The van der Waals surface area contributed by atoms with Crippen molar-refractivity contribution in [1.29, 1.82) is 0 Å². The Labute approximate surface area is 176 Å². The minimum atomic E-state index is -0.443. The number of rotatable bonds is 4. The summed E-state index contributed by atoms with van der Waals surface area (Å²) in [4.78, 5) is 14.6. The number of fused-ring (bicyclic) bond motifs is 1. The van der Waals surface area contributed by atoms with Crippen LogP contribution in [0.15, 0.2) is 51.6 Å². The molecule has 2 aromatic heterocycles. The molecule has 1 aliphatic heterocycles. The number of carbonyl (C=O) groups excluding carboxylic acids is 1. The van der Waals surface area contributed by atoms with E-state index in [1.165, 1.54) is 4.88 Å². The Morgan fingerprint density at radius 3 is 2.57 bits per heavy atom. The summed E-state index contributed by atoms with van der Waals surface area (Å²) in [5, 5.41) is 16.6. The first-order valence-electron chi connectivity index (χ1n) is 9.55. The number of benzene rings is 1. The van der Waals surface area contributed by atoms with Crippen molar-refractivity contribution < 1.29 is 18.9 Å². The lowest BCUT2D eigenvalue weighted by atomic mass is 9.81. The molecule has 2 atom stereocenters. The van der Waals surface area contributed by atoms with Gasteiger partial charge < -0.3 is 20.1 Å². The highest BCUT2D eigenvalue weighted by atomic mass is 32.1. The van der Waals surface area contributed by atoms with E-state index in [4.69, 9.17) is 14.1 Å². The van der Waals surface area contributed by atoms with Crippen LogP contribution in [0.4, 0.5) is 11.6 Å². The van der Waals surface area contributed by atoms with E-state index in [0.29, 0.717) is 41.5 Å². The number of nitrogens with one attached hydrogen (secondary N) is 2. The van der Waals surface area contributed by atoms with Crippen molar-refractivity contribution in [2.45, 2.75) is 24.8 Å². The fourth-order valence-electron chi connectivity index (χ4n) is 4.07. The van der Waals surface area contributed by atoms with Crippen LogP contribution < -0.4 is 20.1 Å². The molecule has 2 N–H and O–H groups in total. The molecule has 3 aromatic rings. The van der Waals surface area contributed by atoms with Crippen LogP contribution in [0.5, 0.6) is 11.5 Å². The second kappa shape index (κ2) is 7.49. The van der Waals surface area contributed by atoms with Crippen LogP contribution in [-0.4, -0.2) is 30.3 Å². The minimum absolute atomic E-state index is 0.0866. The average molecular weight is 424 g/mol. The number of methoxy groups -OCH3 is 2. The Balaban J connectivity index is 1.63.